The number of nitrogens with zero attached hydrogens (tertiary/aromatic N) is 4. The molecule has 0 aliphatic rings. The molecule has 5 rings (SSSR count). The smallest absolute Gasteiger partial charge is 0.255 e. The number of hydrogen-bond acceptors (Lipinski definition) is 6. The van der Waals surface area contributed by atoms with Gasteiger partial charge in [-0.25, -0.2) is 9.97 Å². The van der Waals surface area contributed by atoms with Crippen LogP contribution in [0.3, 0.4) is 0 Å². The van der Waals surface area contributed by atoms with Gasteiger partial charge in [0.25, 0.3) is 5.91 Å². The second kappa shape index (κ2) is 10.3. The Morgan fingerprint density at radius 1 is 1.03 bits per heavy atom. The molecule has 0 saturated heterocycles. The quantitative estimate of drug-likeness (QED) is 0.341. The van der Waals surface area contributed by atoms with Crippen molar-refractivity contribution in [3.8, 4) is 17.1 Å². The summed E-state index contributed by atoms with van der Waals surface area (Å²) in [6.07, 6.45) is 5.22. The van der Waals surface area contributed by atoms with Crippen LogP contribution in [0.25, 0.3) is 22.0 Å². The molecule has 2 aromatic carbocycles. The highest BCUT2D eigenvalue weighted by Gasteiger charge is 2.18. The van der Waals surface area contributed by atoms with E-state index in [2.05, 4.69) is 15.3 Å². The van der Waals surface area contributed by atoms with Crippen molar-refractivity contribution in [1.82, 2.24) is 25.1 Å². The number of hydrogen-bond donors (Lipinski definition) is 2. The number of anilines is 1. The van der Waals surface area contributed by atoms with E-state index in [0.717, 1.165) is 27.5 Å². The maximum Gasteiger partial charge on any atom is 0.255 e. The summed E-state index contributed by atoms with van der Waals surface area (Å²) >= 11 is 0. The standard InChI is InChI=1S/C28H26N6O2/c1-2-36-25-11-9-20(16-31-25)17-34-18-24(26(33-34)21-6-4-3-5-7-21)28(35)32-15-19-8-10-23-22(14-19)12-13-30-27(23)29/h3-14,16,18H,2,15,17H2,1H3,(H2,29,30)(H,32,35). The van der Waals surface area contributed by atoms with Crippen LogP contribution in [0.2, 0.25) is 0 Å². The zero-order valence-corrected chi connectivity index (χ0v) is 19.9. The molecular formula is C28H26N6O2. The monoisotopic (exact) mass is 478 g/mol. The van der Waals surface area contributed by atoms with E-state index in [-0.39, 0.29) is 5.91 Å². The van der Waals surface area contributed by atoms with Gasteiger partial charge in [-0.2, -0.15) is 5.10 Å². The van der Waals surface area contributed by atoms with Crippen LogP contribution in [-0.2, 0) is 13.1 Å². The number of nitrogens with one attached hydrogen (secondary N) is 1. The van der Waals surface area contributed by atoms with E-state index >= 15 is 0 Å². The fourth-order valence-electron chi connectivity index (χ4n) is 4.04. The zero-order valence-electron chi connectivity index (χ0n) is 19.9. The molecule has 0 radical (unpaired) electrons. The third-order valence-corrected chi connectivity index (χ3v) is 5.80. The van der Waals surface area contributed by atoms with Crippen molar-refractivity contribution in [3.05, 3.63) is 102 Å². The lowest BCUT2D eigenvalue weighted by atomic mass is 10.1. The molecule has 180 valence electrons. The van der Waals surface area contributed by atoms with Gasteiger partial charge in [0.15, 0.2) is 0 Å². The van der Waals surface area contributed by atoms with Crippen LogP contribution in [-0.4, -0.2) is 32.3 Å². The van der Waals surface area contributed by atoms with Gasteiger partial charge in [-0.15, -0.1) is 0 Å². The maximum absolute atomic E-state index is 13.3. The van der Waals surface area contributed by atoms with E-state index in [4.69, 9.17) is 15.6 Å². The van der Waals surface area contributed by atoms with E-state index < -0.39 is 0 Å². The molecular weight excluding hydrogens is 452 g/mol. The lowest BCUT2D eigenvalue weighted by molar-refractivity contribution is 0.0951. The first-order chi connectivity index (χ1) is 17.6. The van der Waals surface area contributed by atoms with Crippen LogP contribution in [0.15, 0.2) is 85.3 Å². The highest BCUT2D eigenvalue weighted by Crippen LogP contribution is 2.23. The number of benzene rings is 2. The number of pyridine rings is 2. The Morgan fingerprint density at radius 2 is 1.86 bits per heavy atom. The normalized spacial score (nSPS) is 10.9. The number of carbonyl (C=O) groups is 1. The molecule has 0 aliphatic heterocycles. The molecule has 0 spiro atoms. The van der Waals surface area contributed by atoms with Crippen LogP contribution in [0, 0.1) is 0 Å². The minimum Gasteiger partial charge on any atom is -0.478 e. The number of nitrogen functional groups attached to an aromatic ring is 1. The predicted molar refractivity (Wildman–Crippen MR) is 139 cm³/mol. The van der Waals surface area contributed by atoms with E-state index in [1.54, 1.807) is 23.3 Å². The van der Waals surface area contributed by atoms with Crippen molar-refractivity contribution in [2.75, 3.05) is 12.3 Å². The van der Waals surface area contributed by atoms with Gasteiger partial charge in [0.2, 0.25) is 5.88 Å². The molecule has 8 nitrogen and oxygen atoms in total. The van der Waals surface area contributed by atoms with E-state index in [0.29, 0.717) is 42.7 Å². The molecule has 0 fully saturated rings. The lowest BCUT2D eigenvalue weighted by Gasteiger charge is -2.08. The van der Waals surface area contributed by atoms with Gasteiger partial charge in [-0.1, -0.05) is 48.5 Å². The predicted octanol–water partition coefficient (Wildman–Crippen LogP) is 4.45. The number of ether oxygens (including phenoxy) is 1. The van der Waals surface area contributed by atoms with E-state index in [1.165, 1.54) is 0 Å². The first-order valence-electron chi connectivity index (χ1n) is 11.7. The third-order valence-electron chi connectivity index (χ3n) is 5.80. The summed E-state index contributed by atoms with van der Waals surface area (Å²) in [5.41, 5.74) is 9.89. The summed E-state index contributed by atoms with van der Waals surface area (Å²) in [6.45, 7) is 3.34. The van der Waals surface area contributed by atoms with Crippen LogP contribution >= 0.6 is 0 Å². The van der Waals surface area contributed by atoms with E-state index in [9.17, 15) is 4.79 Å². The van der Waals surface area contributed by atoms with Gasteiger partial charge < -0.3 is 15.8 Å². The van der Waals surface area contributed by atoms with Crippen molar-refractivity contribution in [1.29, 1.82) is 0 Å². The summed E-state index contributed by atoms with van der Waals surface area (Å²) < 4.78 is 7.18. The van der Waals surface area contributed by atoms with Crippen molar-refractivity contribution < 1.29 is 9.53 Å². The van der Waals surface area contributed by atoms with Crippen LogP contribution in [0.5, 0.6) is 5.88 Å². The number of fused-ring (bicyclic) bond motifs is 1. The minimum absolute atomic E-state index is 0.195. The summed E-state index contributed by atoms with van der Waals surface area (Å²) in [5.74, 6) is 0.879. The van der Waals surface area contributed by atoms with Gasteiger partial charge >= 0.3 is 0 Å². The first-order valence-corrected chi connectivity index (χ1v) is 11.7. The Labute approximate surface area is 208 Å². The largest absolute Gasteiger partial charge is 0.478 e. The van der Waals surface area contributed by atoms with Crippen molar-refractivity contribution in [2.24, 2.45) is 0 Å². The number of aromatic nitrogens is 4. The molecule has 3 aromatic heterocycles. The van der Waals surface area contributed by atoms with Gasteiger partial charge in [0, 0.05) is 42.2 Å². The molecule has 0 aliphatic carbocycles. The Balaban J connectivity index is 1.37. The molecule has 3 N–H and O–H groups in total. The van der Waals surface area contributed by atoms with Crippen molar-refractivity contribution in [3.63, 3.8) is 0 Å². The van der Waals surface area contributed by atoms with Gasteiger partial charge in [0.1, 0.15) is 11.5 Å². The van der Waals surface area contributed by atoms with Gasteiger partial charge in [0.05, 0.1) is 18.7 Å². The second-order valence-corrected chi connectivity index (χ2v) is 8.33. The average molecular weight is 479 g/mol. The fourth-order valence-corrected chi connectivity index (χ4v) is 4.04. The molecule has 8 heteroatoms. The maximum atomic E-state index is 13.3. The Hall–Kier alpha value is -4.72. The topological polar surface area (TPSA) is 108 Å². The summed E-state index contributed by atoms with van der Waals surface area (Å²) in [5, 5.41) is 9.65. The number of nitrogens with two attached hydrogens (primary N) is 1. The van der Waals surface area contributed by atoms with Crippen molar-refractivity contribution >= 4 is 22.5 Å². The molecule has 0 bridgehead atoms. The highest BCUT2D eigenvalue weighted by molar-refractivity contribution is 6.00. The SMILES string of the molecule is CCOc1ccc(Cn2cc(C(=O)NCc3ccc4c(N)nccc4c3)c(-c3ccccc3)n2)cn1. The summed E-state index contributed by atoms with van der Waals surface area (Å²) in [7, 11) is 0. The number of amides is 1. The summed E-state index contributed by atoms with van der Waals surface area (Å²) in [4.78, 5) is 21.7. The Morgan fingerprint density at radius 3 is 2.64 bits per heavy atom. The second-order valence-electron chi connectivity index (χ2n) is 8.33. The van der Waals surface area contributed by atoms with Gasteiger partial charge in [-0.05, 0) is 35.6 Å². The minimum atomic E-state index is -0.195. The van der Waals surface area contributed by atoms with Crippen LogP contribution in [0.1, 0.15) is 28.4 Å². The lowest BCUT2D eigenvalue weighted by Crippen LogP contribution is -2.23. The average Bonchev–Trinajstić information content (AvgIpc) is 3.33. The van der Waals surface area contributed by atoms with Gasteiger partial charge in [-0.3, -0.25) is 9.48 Å². The Kier molecular flexibility index (Phi) is 6.57. The molecule has 5 aromatic rings. The zero-order chi connectivity index (χ0) is 24.9. The molecule has 3 heterocycles. The fraction of sp³-hybridized carbons (Fsp3) is 0.143. The molecule has 0 atom stereocenters. The molecule has 1 amide bonds. The Bertz CT molecular complexity index is 1500. The number of rotatable bonds is 8. The number of carbonyl (C=O) groups excluding carboxylic acids is 1. The van der Waals surface area contributed by atoms with Crippen LogP contribution in [0.4, 0.5) is 5.82 Å². The van der Waals surface area contributed by atoms with Crippen LogP contribution < -0.4 is 15.8 Å². The highest BCUT2D eigenvalue weighted by atomic mass is 16.5. The molecule has 0 saturated carbocycles. The third kappa shape index (κ3) is 5.02. The molecule has 36 heavy (non-hydrogen) atoms. The first kappa shape index (κ1) is 23.0. The summed E-state index contributed by atoms with van der Waals surface area (Å²) in [6, 6.07) is 21.3. The van der Waals surface area contributed by atoms with Crippen molar-refractivity contribution in [2.45, 2.75) is 20.0 Å². The molecule has 0 unspecified atom stereocenters. The van der Waals surface area contributed by atoms with E-state index in [1.807, 2.05) is 73.7 Å².